The summed E-state index contributed by atoms with van der Waals surface area (Å²) in [6.07, 6.45) is -2.44. The van der Waals surface area contributed by atoms with Crippen molar-refractivity contribution in [3.63, 3.8) is 0 Å². The van der Waals surface area contributed by atoms with E-state index in [1.54, 1.807) is 0 Å². The van der Waals surface area contributed by atoms with Gasteiger partial charge < -0.3 is 4.98 Å². The third kappa shape index (κ3) is 2.06. The Morgan fingerprint density at radius 2 is 2.21 bits per heavy atom. The smallest absolute Gasteiger partial charge is 0.264 e. The average Bonchev–Trinajstić information content (AvgIpc) is 2.16. The van der Waals surface area contributed by atoms with Gasteiger partial charge in [-0.15, -0.1) is 0 Å². The van der Waals surface area contributed by atoms with Crippen molar-refractivity contribution >= 4 is 22.2 Å². The minimum atomic E-state index is -2.76. The van der Waals surface area contributed by atoms with Gasteiger partial charge in [0.15, 0.2) is 6.29 Å². The van der Waals surface area contributed by atoms with Gasteiger partial charge in [0.2, 0.25) is 0 Å². The first kappa shape index (κ1) is 11.0. The van der Waals surface area contributed by atoms with Crippen molar-refractivity contribution in [3.05, 3.63) is 33.2 Å². The molecule has 0 aliphatic rings. The van der Waals surface area contributed by atoms with Crippen molar-refractivity contribution in [3.8, 4) is 0 Å². The van der Waals surface area contributed by atoms with Gasteiger partial charge in [0, 0.05) is 16.5 Å². The molecule has 14 heavy (non-hydrogen) atoms. The molecule has 0 aliphatic carbocycles. The van der Waals surface area contributed by atoms with Gasteiger partial charge in [0.25, 0.3) is 12.0 Å². The van der Waals surface area contributed by atoms with Crippen LogP contribution in [0.3, 0.4) is 0 Å². The Labute approximate surface area is 86.3 Å². The molecule has 1 aromatic heterocycles. The Morgan fingerprint density at radius 3 is 2.64 bits per heavy atom. The number of halogens is 3. The summed E-state index contributed by atoms with van der Waals surface area (Å²) in [5, 5.41) is 0.0289. The van der Waals surface area contributed by atoms with Crippen LogP contribution in [0.15, 0.2) is 10.9 Å². The average molecular weight is 266 g/mol. The van der Waals surface area contributed by atoms with Crippen molar-refractivity contribution in [2.45, 2.75) is 11.8 Å². The number of rotatable bonds is 3. The maximum Gasteiger partial charge on any atom is 0.264 e. The molecule has 0 unspecified atom stereocenters. The van der Waals surface area contributed by atoms with E-state index in [0.717, 1.165) is 6.07 Å². The number of hydrogen-bond donors (Lipinski definition) is 1. The van der Waals surface area contributed by atoms with E-state index in [1.165, 1.54) is 0 Å². The van der Waals surface area contributed by atoms with Gasteiger partial charge in [-0.2, -0.15) is 0 Å². The lowest BCUT2D eigenvalue weighted by Crippen LogP contribution is -2.16. The maximum atomic E-state index is 12.4. The summed E-state index contributed by atoms with van der Waals surface area (Å²) in [6.45, 7) is 0. The van der Waals surface area contributed by atoms with Crippen LogP contribution in [0.1, 0.15) is 28.0 Å². The van der Waals surface area contributed by atoms with Crippen LogP contribution in [0.5, 0.6) is 0 Å². The lowest BCUT2D eigenvalue weighted by molar-refractivity contribution is 0.111. The fourth-order valence-electron chi connectivity index (χ4n) is 1.02. The highest BCUT2D eigenvalue weighted by Crippen LogP contribution is 2.22. The Hall–Kier alpha value is -1.04. The van der Waals surface area contributed by atoms with Crippen LogP contribution < -0.4 is 5.56 Å². The fraction of sp³-hybridized carbons (Fsp3) is 0.250. The first-order valence-electron chi connectivity index (χ1n) is 3.65. The van der Waals surface area contributed by atoms with Gasteiger partial charge in [-0.05, 0) is 6.07 Å². The highest BCUT2D eigenvalue weighted by Gasteiger charge is 2.16. The lowest BCUT2D eigenvalue weighted by atomic mass is 10.1. The number of aldehydes is 1. The molecule has 3 nitrogen and oxygen atoms in total. The summed E-state index contributed by atoms with van der Waals surface area (Å²) >= 11 is 2.93. The van der Waals surface area contributed by atoms with E-state index in [0.29, 0.717) is 6.29 Å². The second-order valence-corrected chi connectivity index (χ2v) is 3.10. The van der Waals surface area contributed by atoms with Crippen molar-refractivity contribution in [1.29, 1.82) is 0 Å². The van der Waals surface area contributed by atoms with Gasteiger partial charge in [0.05, 0.1) is 5.69 Å². The van der Waals surface area contributed by atoms with Gasteiger partial charge in [-0.3, -0.25) is 9.59 Å². The van der Waals surface area contributed by atoms with Crippen LogP contribution in [0.4, 0.5) is 8.78 Å². The molecule has 0 aromatic carbocycles. The minimum Gasteiger partial charge on any atom is -0.319 e. The standard InChI is InChI=1S/C8H6BrF2NO2/c9-2-6-5(7(10)11)1-4(3-13)12-8(6)14/h1,3,7H,2H2,(H,12,14). The second kappa shape index (κ2) is 4.45. The fourth-order valence-corrected chi connectivity index (χ4v) is 1.60. The zero-order chi connectivity index (χ0) is 10.7. The van der Waals surface area contributed by atoms with Gasteiger partial charge in [-0.1, -0.05) is 15.9 Å². The van der Waals surface area contributed by atoms with Gasteiger partial charge in [-0.25, -0.2) is 8.78 Å². The molecular weight excluding hydrogens is 260 g/mol. The molecule has 1 heterocycles. The quantitative estimate of drug-likeness (QED) is 0.672. The molecule has 0 amide bonds. The third-order valence-corrected chi connectivity index (χ3v) is 2.25. The zero-order valence-electron chi connectivity index (χ0n) is 6.89. The molecule has 0 bridgehead atoms. The second-order valence-electron chi connectivity index (χ2n) is 2.54. The first-order valence-corrected chi connectivity index (χ1v) is 4.77. The molecule has 1 rings (SSSR count). The summed E-state index contributed by atoms with van der Waals surface area (Å²) in [5.41, 5.74) is -1.27. The van der Waals surface area contributed by atoms with E-state index in [4.69, 9.17) is 0 Å². The SMILES string of the molecule is O=Cc1cc(C(F)F)c(CBr)c(=O)[nH]1. The summed E-state index contributed by atoms with van der Waals surface area (Å²) in [7, 11) is 0. The predicted octanol–water partition coefficient (Wildman–Crippen LogP) is 2.02. The van der Waals surface area contributed by atoms with Gasteiger partial charge in [0.1, 0.15) is 0 Å². The predicted molar refractivity (Wildman–Crippen MR) is 50.0 cm³/mol. The van der Waals surface area contributed by atoms with Crippen LogP contribution in [-0.4, -0.2) is 11.3 Å². The van der Waals surface area contributed by atoms with Crippen LogP contribution in [0, 0.1) is 0 Å². The van der Waals surface area contributed by atoms with Crippen LogP contribution in [-0.2, 0) is 5.33 Å². The number of alkyl halides is 3. The topological polar surface area (TPSA) is 49.9 Å². The van der Waals surface area contributed by atoms with E-state index in [1.807, 2.05) is 0 Å². The number of carbonyl (C=O) groups is 1. The Balaban J connectivity index is 3.43. The molecule has 0 radical (unpaired) electrons. The molecule has 0 aliphatic heterocycles. The van der Waals surface area contributed by atoms with E-state index >= 15 is 0 Å². The van der Waals surface area contributed by atoms with E-state index in [2.05, 4.69) is 20.9 Å². The Morgan fingerprint density at radius 1 is 1.57 bits per heavy atom. The Kier molecular flexibility index (Phi) is 3.51. The summed E-state index contributed by atoms with van der Waals surface area (Å²) < 4.78 is 24.8. The van der Waals surface area contributed by atoms with E-state index < -0.39 is 17.5 Å². The molecule has 1 aromatic rings. The summed E-state index contributed by atoms with van der Waals surface area (Å²) in [6, 6.07) is 0.982. The van der Waals surface area contributed by atoms with Crippen molar-refractivity contribution in [2.24, 2.45) is 0 Å². The molecule has 1 N–H and O–H groups in total. The van der Waals surface area contributed by atoms with Crippen molar-refractivity contribution in [1.82, 2.24) is 4.98 Å². The number of aromatic nitrogens is 1. The molecule has 6 heteroatoms. The number of H-pyrrole nitrogens is 1. The van der Waals surface area contributed by atoms with Crippen LogP contribution in [0.25, 0.3) is 0 Å². The molecular formula is C8H6BrF2NO2. The number of pyridine rings is 1. The lowest BCUT2D eigenvalue weighted by Gasteiger charge is -2.05. The highest BCUT2D eigenvalue weighted by atomic mass is 79.9. The maximum absolute atomic E-state index is 12.4. The van der Waals surface area contributed by atoms with Crippen molar-refractivity contribution < 1.29 is 13.6 Å². The monoisotopic (exact) mass is 265 g/mol. The number of carbonyl (C=O) groups excluding carboxylic acids is 1. The van der Waals surface area contributed by atoms with Gasteiger partial charge >= 0.3 is 0 Å². The third-order valence-electron chi connectivity index (χ3n) is 1.69. The first-order chi connectivity index (χ1) is 6.60. The number of aromatic amines is 1. The minimum absolute atomic E-state index is 0.0289. The van der Waals surface area contributed by atoms with Crippen LogP contribution >= 0.6 is 15.9 Å². The molecule has 0 fully saturated rings. The highest BCUT2D eigenvalue weighted by molar-refractivity contribution is 9.08. The van der Waals surface area contributed by atoms with Crippen LogP contribution in [0.2, 0.25) is 0 Å². The molecule has 0 saturated heterocycles. The summed E-state index contributed by atoms with van der Waals surface area (Å²) in [5.74, 6) is 0. The molecule has 76 valence electrons. The Bertz CT molecular complexity index is 403. The van der Waals surface area contributed by atoms with E-state index in [-0.39, 0.29) is 16.6 Å². The largest absolute Gasteiger partial charge is 0.319 e. The normalized spacial score (nSPS) is 10.6. The number of nitrogens with one attached hydrogen (secondary N) is 1. The zero-order valence-corrected chi connectivity index (χ0v) is 8.48. The summed E-state index contributed by atoms with van der Waals surface area (Å²) in [4.78, 5) is 23.7. The van der Waals surface area contributed by atoms with Crippen molar-refractivity contribution in [2.75, 3.05) is 0 Å². The number of hydrogen-bond acceptors (Lipinski definition) is 2. The molecule has 0 atom stereocenters. The molecule has 0 saturated carbocycles. The molecule has 0 spiro atoms. The van der Waals surface area contributed by atoms with E-state index in [9.17, 15) is 18.4 Å².